The average Bonchev–Trinajstić information content (AvgIpc) is 2.69. The summed E-state index contributed by atoms with van der Waals surface area (Å²) in [7, 11) is 0. The molecule has 5 nitrogen and oxygen atoms in total. The molecule has 0 saturated heterocycles. The van der Waals surface area contributed by atoms with E-state index in [0.29, 0.717) is 5.56 Å². The maximum atomic E-state index is 12.7. The highest BCUT2D eigenvalue weighted by molar-refractivity contribution is 6.07. The molecule has 1 amide bonds. The van der Waals surface area contributed by atoms with E-state index >= 15 is 0 Å². The minimum Gasteiger partial charge on any atom is -0.307 e. The van der Waals surface area contributed by atoms with Gasteiger partial charge in [0, 0.05) is 17.3 Å². The van der Waals surface area contributed by atoms with E-state index < -0.39 is 10.3 Å². The van der Waals surface area contributed by atoms with Crippen LogP contribution in [0.4, 0.5) is 11.4 Å². The number of carbonyl (C=O) groups excluding carboxylic acids is 1. The van der Waals surface area contributed by atoms with Gasteiger partial charge in [0.1, 0.15) is 0 Å². The summed E-state index contributed by atoms with van der Waals surface area (Å²) in [6.07, 6.45) is 0. The minimum absolute atomic E-state index is 0.0353. The SMILES string of the molecule is CC1(C)C(=O)N(Cc2ccccc2[N+](=O)[O-])c2ccccc21. The number of nitro benzene ring substituents is 1. The van der Waals surface area contributed by atoms with Crippen LogP contribution in [0.3, 0.4) is 0 Å². The maximum absolute atomic E-state index is 12.7. The number of rotatable bonds is 3. The monoisotopic (exact) mass is 296 g/mol. The predicted octanol–water partition coefficient (Wildman–Crippen LogP) is 3.42. The van der Waals surface area contributed by atoms with Gasteiger partial charge in [-0.25, -0.2) is 0 Å². The smallest absolute Gasteiger partial charge is 0.274 e. The van der Waals surface area contributed by atoms with E-state index in [1.165, 1.54) is 6.07 Å². The molecule has 1 aliphatic heterocycles. The summed E-state index contributed by atoms with van der Waals surface area (Å²) >= 11 is 0. The number of carbonyl (C=O) groups is 1. The zero-order valence-electron chi connectivity index (χ0n) is 12.4. The Balaban J connectivity index is 2.04. The molecular weight excluding hydrogens is 280 g/mol. The van der Waals surface area contributed by atoms with Gasteiger partial charge in [-0.15, -0.1) is 0 Å². The number of fused-ring (bicyclic) bond motifs is 1. The van der Waals surface area contributed by atoms with Gasteiger partial charge >= 0.3 is 0 Å². The second-order valence-corrected chi connectivity index (χ2v) is 5.92. The van der Waals surface area contributed by atoms with Crippen molar-refractivity contribution < 1.29 is 9.72 Å². The third-order valence-electron chi connectivity index (χ3n) is 4.16. The van der Waals surface area contributed by atoms with E-state index in [-0.39, 0.29) is 18.1 Å². The molecule has 0 bridgehead atoms. The Morgan fingerprint density at radius 2 is 1.73 bits per heavy atom. The number of amides is 1. The lowest BCUT2D eigenvalue weighted by Gasteiger charge is -2.20. The first kappa shape index (κ1) is 14.3. The lowest BCUT2D eigenvalue weighted by Crippen LogP contribution is -2.35. The van der Waals surface area contributed by atoms with Crippen LogP contribution in [0.5, 0.6) is 0 Å². The maximum Gasteiger partial charge on any atom is 0.274 e. The molecular formula is C17H16N2O3. The van der Waals surface area contributed by atoms with Gasteiger partial charge < -0.3 is 4.90 Å². The van der Waals surface area contributed by atoms with Crippen LogP contribution in [0.1, 0.15) is 25.0 Å². The normalized spacial score (nSPS) is 15.7. The number of benzene rings is 2. The Morgan fingerprint density at radius 1 is 1.09 bits per heavy atom. The molecule has 0 saturated carbocycles. The van der Waals surface area contributed by atoms with E-state index in [0.717, 1.165) is 11.3 Å². The minimum atomic E-state index is -0.611. The summed E-state index contributed by atoms with van der Waals surface area (Å²) in [5.74, 6) is -0.0353. The summed E-state index contributed by atoms with van der Waals surface area (Å²) in [5.41, 5.74) is 1.75. The molecule has 2 aromatic rings. The van der Waals surface area contributed by atoms with Gasteiger partial charge in [-0.05, 0) is 25.5 Å². The Kier molecular flexibility index (Phi) is 3.20. The number of nitro groups is 1. The lowest BCUT2D eigenvalue weighted by atomic mass is 9.86. The molecule has 0 aliphatic carbocycles. The van der Waals surface area contributed by atoms with Crippen molar-refractivity contribution in [2.75, 3.05) is 4.90 Å². The highest BCUT2D eigenvalue weighted by Crippen LogP contribution is 2.42. The standard InChI is InChI=1S/C17H16N2O3/c1-17(2)13-8-4-6-10-15(13)18(16(17)20)11-12-7-3-5-9-14(12)19(21)22/h3-10H,11H2,1-2H3. The highest BCUT2D eigenvalue weighted by atomic mass is 16.6. The molecule has 1 heterocycles. The first-order valence-electron chi connectivity index (χ1n) is 7.06. The van der Waals surface area contributed by atoms with Crippen LogP contribution >= 0.6 is 0 Å². The largest absolute Gasteiger partial charge is 0.307 e. The average molecular weight is 296 g/mol. The van der Waals surface area contributed by atoms with Crippen LogP contribution in [0.15, 0.2) is 48.5 Å². The Morgan fingerprint density at radius 3 is 2.45 bits per heavy atom. The van der Waals surface area contributed by atoms with Crippen LogP contribution in [0.25, 0.3) is 0 Å². The van der Waals surface area contributed by atoms with Crippen molar-refractivity contribution >= 4 is 17.3 Å². The third-order valence-corrected chi connectivity index (χ3v) is 4.16. The topological polar surface area (TPSA) is 63.5 Å². The van der Waals surface area contributed by atoms with Gasteiger partial charge in [-0.1, -0.05) is 36.4 Å². The molecule has 0 N–H and O–H groups in total. The number of para-hydroxylation sites is 2. The van der Waals surface area contributed by atoms with E-state index in [9.17, 15) is 14.9 Å². The number of nitrogens with zero attached hydrogens (tertiary/aromatic N) is 2. The molecule has 112 valence electrons. The van der Waals surface area contributed by atoms with E-state index in [1.54, 1.807) is 23.1 Å². The van der Waals surface area contributed by atoms with Crippen LogP contribution in [-0.4, -0.2) is 10.8 Å². The molecule has 0 unspecified atom stereocenters. The van der Waals surface area contributed by atoms with Gasteiger partial charge in [0.25, 0.3) is 5.69 Å². The van der Waals surface area contributed by atoms with Gasteiger partial charge in [-0.3, -0.25) is 14.9 Å². The summed E-state index contributed by atoms with van der Waals surface area (Å²) in [5, 5.41) is 11.2. The zero-order valence-corrected chi connectivity index (χ0v) is 12.4. The second-order valence-electron chi connectivity index (χ2n) is 5.92. The first-order valence-corrected chi connectivity index (χ1v) is 7.06. The van der Waals surface area contributed by atoms with Crippen molar-refractivity contribution in [3.8, 4) is 0 Å². The van der Waals surface area contributed by atoms with E-state index in [2.05, 4.69) is 0 Å². The van der Waals surface area contributed by atoms with Crippen molar-refractivity contribution in [3.05, 3.63) is 69.8 Å². The van der Waals surface area contributed by atoms with Gasteiger partial charge in [-0.2, -0.15) is 0 Å². The fourth-order valence-corrected chi connectivity index (χ4v) is 2.95. The van der Waals surface area contributed by atoms with Crippen molar-refractivity contribution in [2.24, 2.45) is 0 Å². The van der Waals surface area contributed by atoms with Gasteiger partial charge in [0.2, 0.25) is 5.91 Å². The molecule has 0 aromatic heterocycles. The fourth-order valence-electron chi connectivity index (χ4n) is 2.95. The predicted molar refractivity (Wildman–Crippen MR) is 83.8 cm³/mol. The molecule has 0 fully saturated rings. The van der Waals surface area contributed by atoms with Crippen molar-refractivity contribution in [3.63, 3.8) is 0 Å². The van der Waals surface area contributed by atoms with Crippen LogP contribution in [0, 0.1) is 10.1 Å². The van der Waals surface area contributed by atoms with Gasteiger partial charge in [0.05, 0.1) is 16.9 Å². The molecule has 5 heteroatoms. The van der Waals surface area contributed by atoms with E-state index in [4.69, 9.17) is 0 Å². The molecule has 0 spiro atoms. The Hall–Kier alpha value is -2.69. The van der Waals surface area contributed by atoms with Crippen molar-refractivity contribution in [2.45, 2.75) is 25.8 Å². The third kappa shape index (κ3) is 2.06. The summed E-state index contributed by atoms with van der Waals surface area (Å²) < 4.78 is 0. The Bertz CT molecular complexity index is 768. The fraction of sp³-hybridized carbons (Fsp3) is 0.235. The summed E-state index contributed by atoms with van der Waals surface area (Å²) in [6.45, 7) is 3.97. The number of hydrogen-bond acceptors (Lipinski definition) is 3. The lowest BCUT2D eigenvalue weighted by molar-refractivity contribution is -0.385. The van der Waals surface area contributed by atoms with Crippen molar-refractivity contribution in [1.82, 2.24) is 0 Å². The molecule has 22 heavy (non-hydrogen) atoms. The number of anilines is 1. The molecule has 0 radical (unpaired) electrons. The molecule has 3 rings (SSSR count). The van der Waals surface area contributed by atoms with Crippen molar-refractivity contribution in [1.29, 1.82) is 0 Å². The van der Waals surface area contributed by atoms with Crippen LogP contribution in [-0.2, 0) is 16.8 Å². The molecule has 0 atom stereocenters. The van der Waals surface area contributed by atoms with Crippen LogP contribution in [0.2, 0.25) is 0 Å². The molecule has 1 aliphatic rings. The summed E-state index contributed by atoms with van der Waals surface area (Å²) in [6, 6.07) is 14.1. The summed E-state index contributed by atoms with van der Waals surface area (Å²) in [4.78, 5) is 25.1. The number of hydrogen-bond donors (Lipinski definition) is 0. The Labute approximate surface area is 128 Å². The van der Waals surface area contributed by atoms with E-state index in [1.807, 2.05) is 38.1 Å². The highest BCUT2D eigenvalue weighted by Gasteiger charge is 2.43. The van der Waals surface area contributed by atoms with Gasteiger partial charge in [0.15, 0.2) is 0 Å². The molecule has 2 aromatic carbocycles. The zero-order chi connectivity index (χ0) is 15.9. The second kappa shape index (κ2) is 4.94. The first-order chi connectivity index (χ1) is 10.4. The quantitative estimate of drug-likeness (QED) is 0.644. The van der Waals surface area contributed by atoms with Crippen LogP contribution < -0.4 is 4.90 Å².